The summed E-state index contributed by atoms with van der Waals surface area (Å²) < 4.78 is 0. The number of aromatic amines is 2. The second-order valence-corrected chi connectivity index (χ2v) is 5.06. The van der Waals surface area contributed by atoms with Crippen molar-refractivity contribution in [1.29, 1.82) is 0 Å². The van der Waals surface area contributed by atoms with Gasteiger partial charge in [-0.05, 0) is 24.5 Å². The van der Waals surface area contributed by atoms with Crippen LogP contribution in [0.3, 0.4) is 0 Å². The van der Waals surface area contributed by atoms with Crippen LogP contribution in [0.4, 0.5) is 0 Å². The van der Waals surface area contributed by atoms with Gasteiger partial charge in [-0.15, -0.1) is 0 Å². The third-order valence-electron chi connectivity index (χ3n) is 3.48. The first-order chi connectivity index (χ1) is 9.78. The Labute approximate surface area is 117 Å². The summed E-state index contributed by atoms with van der Waals surface area (Å²) in [6.07, 6.45) is 4.71. The van der Waals surface area contributed by atoms with Gasteiger partial charge < -0.3 is 10.7 Å². The predicted octanol–water partition coefficient (Wildman–Crippen LogP) is 2.48. The van der Waals surface area contributed by atoms with E-state index in [0.717, 1.165) is 30.6 Å². The molecule has 0 aliphatic heterocycles. The van der Waals surface area contributed by atoms with Gasteiger partial charge >= 0.3 is 0 Å². The van der Waals surface area contributed by atoms with Crippen LogP contribution in [0.15, 0.2) is 30.5 Å². The molecular formula is C15H19N5. The van der Waals surface area contributed by atoms with E-state index in [1.807, 2.05) is 18.3 Å². The van der Waals surface area contributed by atoms with E-state index < -0.39 is 0 Å². The molecule has 3 rings (SSSR count). The zero-order chi connectivity index (χ0) is 13.9. The van der Waals surface area contributed by atoms with Crippen molar-refractivity contribution in [2.45, 2.75) is 32.2 Å². The molecule has 2 heterocycles. The lowest BCUT2D eigenvalue weighted by Crippen LogP contribution is -2.15. The van der Waals surface area contributed by atoms with Crippen LogP contribution in [-0.2, 0) is 12.8 Å². The minimum Gasteiger partial charge on any atom is -0.361 e. The minimum absolute atomic E-state index is 0.184. The Bertz CT molecular complexity index is 697. The summed E-state index contributed by atoms with van der Waals surface area (Å²) in [5, 5.41) is 8.39. The summed E-state index contributed by atoms with van der Waals surface area (Å²) in [5.74, 6) is 1.61. The van der Waals surface area contributed by atoms with Crippen molar-refractivity contribution in [1.82, 2.24) is 20.2 Å². The molecule has 0 aliphatic rings. The van der Waals surface area contributed by atoms with Crippen LogP contribution in [0.2, 0.25) is 0 Å². The van der Waals surface area contributed by atoms with Gasteiger partial charge in [0.1, 0.15) is 5.82 Å². The first-order valence-electron chi connectivity index (χ1n) is 6.99. The van der Waals surface area contributed by atoms with Crippen molar-refractivity contribution >= 4 is 10.9 Å². The van der Waals surface area contributed by atoms with Crippen molar-refractivity contribution in [3.8, 4) is 0 Å². The highest BCUT2D eigenvalue weighted by molar-refractivity contribution is 5.83. The van der Waals surface area contributed by atoms with E-state index in [1.165, 1.54) is 10.9 Å². The van der Waals surface area contributed by atoms with Crippen molar-refractivity contribution < 1.29 is 0 Å². The van der Waals surface area contributed by atoms with E-state index in [4.69, 9.17) is 5.73 Å². The van der Waals surface area contributed by atoms with Crippen LogP contribution in [0.1, 0.15) is 36.6 Å². The van der Waals surface area contributed by atoms with Gasteiger partial charge in [0.15, 0.2) is 5.82 Å². The summed E-state index contributed by atoms with van der Waals surface area (Å²) in [6.45, 7) is 2.12. The number of para-hydroxylation sites is 1. The van der Waals surface area contributed by atoms with Gasteiger partial charge in [-0.1, -0.05) is 25.1 Å². The predicted molar refractivity (Wildman–Crippen MR) is 79.3 cm³/mol. The number of hydrogen-bond acceptors (Lipinski definition) is 3. The van der Waals surface area contributed by atoms with Gasteiger partial charge in [-0.3, -0.25) is 5.10 Å². The zero-order valence-corrected chi connectivity index (χ0v) is 11.6. The number of hydrogen-bond donors (Lipinski definition) is 3. The summed E-state index contributed by atoms with van der Waals surface area (Å²) in [5.41, 5.74) is 8.57. The lowest BCUT2D eigenvalue weighted by Gasteiger charge is -2.06. The van der Waals surface area contributed by atoms with Crippen molar-refractivity contribution in [2.24, 2.45) is 5.73 Å². The Morgan fingerprint density at radius 3 is 3.00 bits per heavy atom. The number of nitrogens with one attached hydrogen (secondary N) is 2. The van der Waals surface area contributed by atoms with Crippen LogP contribution in [0.5, 0.6) is 0 Å². The largest absolute Gasteiger partial charge is 0.361 e. The number of H-pyrrole nitrogens is 2. The minimum atomic E-state index is -0.184. The monoisotopic (exact) mass is 269 g/mol. The summed E-state index contributed by atoms with van der Waals surface area (Å²) >= 11 is 0. The number of rotatable bonds is 5. The molecule has 2 aromatic heterocycles. The molecule has 0 saturated carbocycles. The Morgan fingerprint density at radius 2 is 2.15 bits per heavy atom. The number of fused-ring (bicyclic) bond motifs is 1. The van der Waals surface area contributed by atoms with Crippen molar-refractivity contribution in [2.75, 3.05) is 0 Å². The standard InChI is InChI=1S/C15H19N5/c1-2-5-14-18-15(20-19-14)12(16)8-10-9-17-13-7-4-3-6-11(10)13/h3-4,6-7,9,12,17H,2,5,8,16H2,1H3,(H,18,19,20). The van der Waals surface area contributed by atoms with Crippen LogP contribution in [0.25, 0.3) is 10.9 Å². The summed E-state index contributed by atoms with van der Waals surface area (Å²) in [7, 11) is 0. The summed E-state index contributed by atoms with van der Waals surface area (Å²) in [6, 6.07) is 8.05. The molecule has 0 saturated heterocycles. The molecule has 0 fully saturated rings. The van der Waals surface area contributed by atoms with Crippen LogP contribution in [-0.4, -0.2) is 20.2 Å². The Morgan fingerprint density at radius 1 is 1.30 bits per heavy atom. The van der Waals surface area contributed by atoms with E-state index in [1.54, 1.807) is 0 Å². The number of nitrogens with two attached hydrogens (primary N) is 1. The van der Waals surface area contributed by atoms with Gasteiger partial charge in [-0.2, -0.15) is 5.10 Å². The molecule has 5 nitrogen and oxygen atoms in total. The molecule has 1 unspecified atom stereocenters. The molecule has 3 aromatic rings. The molecule has 5 heteroatoms. The van der Waals surface area contributed by atoms with E-state index in [9.17, 15) is 0 Å². The third-order valence-corrected chi connectivity index (χ3v) is 3.48. The van der Waals surface area contributed by atoms with Crippen molar-refractivity contribution in [3.05, 3.63) is 47.7 Å². The number of nitrogens with zero attached hydrogens (tertiary/aromatic N) is 2. The van der Waals surface area contributed by atoms with E-state index in [-0.39, 0.29) is 6.04 Å². The Hall–Kier alpha value is -2.14. The van der Waals surface area contributed by atoms with Crippen LogP contribution < -0.4 is 5.73 Å². The zero-order valence-electron chi connectivity index (χ0n) is 11.6. The fourth-order valence-electron chi connectivity index (χ4n) is 2.45. The summed E-state index contributed by atoms with van der Waals surface area (Å²) in [4.78, 5) is 7.72. The maximum Gasteiger partial charge on any atom is 0.167 e. The molecule has 1 aromatic carbocycles. The first-order valence-corrected chi connectivity index (χ1v) is 6.99. The fourth-order valence-corrected chi connectivity index (χ4v) is 2.45. The van der Waals surface area contributed by atoms with E-state index >= 15 is 0 Å². The van der Waals surface area contributed by atoms with E-state index in [2.05, 4.69) is 39.2 Å². The van der Waals surface area contributed by atoms with Crippen LogP contribution >= 0.6 is 0 Å². The average Bonchev–Trinajstić information content (AvgIpc) is 3.07. The highest BCUT2D eigenvalue weighted by atomic mass is 15.2. The number of benzene rings is 1. The smallest absolute Gasteiger partial charge is 0.167 e. The SMILES string of the molecule is CCCc1nc(C(N)Cc2c[nH]c3ccccc23)n[nH]1. The van der Waals surface area contributed by atoms with Gasteiger partial charge in [0, 0.05) is 23.5 Å². The van der Waals surface area contributed by atoms with Gasteiger partial charge in [0.05, 0.1) is 6.04 Å². The second kappa shape index (κ2) is 5.46. The Balaban J connectivity index is 1.79. The highest BCUT2D eigenvalue weighted by Crippen LogP contribution is 2.21. The number of aromatic nitrogens is 4. The molecule has 0 amide bonds. The first kappa shape index (κ1) is 12.9. The maximum absolute atomic E-state index is 6.23. The lowest BCUT2D eigenvalue weighted by molar-refractivity contribution is 0.672. The molecular weight excluding hydrogens is 250 g/mol. The molecule has 20 heavy (non-hydrogen) atoms. The lowest BCUT2D eigenvalue weighted by atomic mass is 10.1. The van der Waals surface area contributed by atoms with Gasteiger partial charge in [0.25, 0.3) is 0 Å². The van der Waals surface area contributed by atoms with E-state index in [0.29, 0.717) is 5.82 Å². The molecule has 0 spiro atoms. The van der Waals surface area contributed by atoms with Crippen LogP contribution in [0, 0.1) is 0 Å². The van der Waals surface area contributed by atoms with Crippen molar-refractivity contribution in [3.63, 3.8) is 0 Å². The number of aryl methyl sites for hydroxylation is 1. The maximum atomic E-state index is 6.23. The second-order valence-electron chi connectivity index (χ2n) is 5.06. The third kappa shape index (κ3) is 2.44. The quantitative estimate of drug-likeness (QED) is 0.665. The molecule has 0 radical (unpaired) electrons. The Kier molecular flexibility index (Phi) is 3.52. The molecule has 0 aliphatic carbocycles. The topological polar surface area (TPSA) is 83.4 Å². The van der Waals surface area contributed by atoms with Gasteiger partial charge in [-0.25, -0.2) is 4.98 Å². The molecule has 4 N–H and O–H groups in total. The molecule has 104 valence electrons. The normalized spacial score (nSPS) is 12.9. The molecule has 1 atom stereocenters. The molecule has 0 bridgehead atoms. The average molecular weight is 269 g/mol. The highest BCUT2D eigenvalue weighted by Gasteiger charge is 2.14. The fraction of sp³-hybridized carbons (Fsp3) is 0.333. The van der Waals surface area contributed by atoms with Gasteiger partial charge in [0.2, 0.25) is 0 Å².